The topological polar surface area (TPSA) is 64.7 Å². The number of hydrogen-bond donors (Lipinski definition) is 2. The van der Waals surface area contributed by atoms with E-state index in [0.717, 1.165) is 44.9 Å². The first-order valence-corrected chi connectivity index (χ1v) is 9.46. The quantitative estimate of drug-likeness (QED) is 0.753. The van der Waals surface area contributed by atoms with Gasteiger partial charge in [-0.1, -0.05) is 6.92 Å². The molecule has 0 aromatic heterocycles. The number of nitrogens with zero attached hydrogens (tertiary/aromatic N) is 2. The SMILES string of the molecule is CC1CCC(NC(=O)CN2CCN(CC(=O)NC(C)C)CC2)CC1. The van der Waals surface area contributed by atoms with Crippen molar-refractivity contribution in [3.05, 3.63) is 0 Å². The molecule has 1 saturated heterocycles. The van der Waals surface area contributed by atoms with E-state index in [2.05, 4.69) is 27.4 Å². The zero-order valence-electron chi connectivity index (χ0n) is 15.5. The number of nitrogens with one attached hydrogen (secondary N) is 2. The third-order valence-electron chi connectivity index (χ3n) is 5.03. The molecule has 2 amide bonds. The third-order valence-corrected chi connectivity index (χ3v) is 5.03. The van der Waals surface area contributed by atoms with Crippen molar-refractivity contribution in [3.8, 4) is 0 Å². The Morgan fingerprint density at radius 3 is 1.92 bits per heavy atom. The van der Waals surface area contributed by atoms with Gasteiger partial charge in [-0.3, -0.25) is 19.4 Å². The Bertz CT molecular complexity index is 411. The van der Waals surface area contributed by atoms with E-state index in [-0.39, 0.29) is 17.9 Å². The van der Waals surface area contributed by atoms with Crippen LogP contribution in [0.2, 0.25) is 0 Å². The summed E-state index contributed by atoms with van der Waals surface area (Å²) in [6, 6.07) is 0.556. The van der Waals surface area contributed by atoms with Gasteiger partial charge in [0.25, 0.3) is 0 Å². The van der Waals surface area contributed by atoms with Crippen LogP contribution in [-0.4, -0.2) is 73.0 Å². The minimum absolute atomic E-state index is 0.0859. The van der Waals surface area contributed by atoms with E-state index >= 15 is 0 Å². The van der Waals surface area contributed by atoms with E-state index in [1.807, 2.05) is 13.8 Å². The maximum Gasteiger partial charge on any atom is 0.234 e. The molecule has 0 aromatic carbocycles. The summed E-state index contributed by atoms with van der Waals surface area (Å²) in [7, 11) is 0. The Morgan fingerprint density at radius 2 is 1.42 bits per heavy atom. The summed E-state index contributed by atoms with van der Waals surface area (Å²) >= 11 is 0. The second-order valence-electron chi connectivity index (χ2n) is 7.80. The molecule has 2 aliphatic rings. The Morgan fingerprint density at radius 1 is 0.917 bits per heavy atom. The molecule has 0 bridgehead atoms. The van der Waals surface area contributed by atoms with Gasteiger partial charge in [-0.2, -0.15) is 0 Å². The molecular formula is C18H34N4O2. The van der Waals surface area contributed by atoms with Gasteiger partial charge in [0.1, 0.15) is 0 Å². The lowest BCUT2D eigenvalue weighted by atomic mass is 9.87. The predicted octanol–water partition coefficient (Wildman–Crippen LogP) is 0.824. The van der Waals surface area contributed by atoms with Crippen LogP contribution in [0.15, 0.2) is 0 Å². The van der Waals surface area contributed by atoms with E-state index in [0.29, 0.717) is 19.1 Å². The maximum atomic E-state index is 12.2. The molecule has 2 fully saturated rings. The minimum atomic E-state index is 0.0859. The van der Waals surface area contributed by atoms with Crippen molar-refractivity contribution in [2.45, 2.75) is 58.5 Å². The maximum absolute atomic E-state index is 12.2. The zero-order valence-corrected chi connectivity index (χ0v) is 15.5. The van der Waals surface area contributed by atoms with Crippen molar-refractivity contribution in [2.75, 3.05) is 39.3 Å². The van der Waals surface area contributed by atoms with Crippen LogP contribution in [0.5, 0.6) is 0 Å². The molecule has 6 nitrogen and oxygen atoms in total. The number of piperazine rings is 1. The van der Waals surface area contributed by atoms with Gasteiger partial charge in [-0.25, -0.2) is 0 Å². The molecule has 6 heteroatoms. The highest BCUT2D eigenvalue weighted by Gasteiger charge is 2.23. The summed E-state index contributed by atoms with van der Waals surface area (Å²) in [5.74, 6) is 1.04. The first kappa shape index (κ1) is 19.2. The van der Waals surface area contributed by atoms with Crippen molar-refractivity contribution < 1.29 is 9.59 Å². The molecule has 1 heterocycles. The van der Waals surface area contributed by atoms with E-state index in [4.69, 9.17) is 0 Å². The molecule has 0 spiro atoms. The van der Waals surface area contributed by atoms with E-state index in [1.54, 1.807) is 0 Å². The lowest BCUT2D eigenvalue weighted by Gasteiger charge is -2.34. The Hall–Kier alpha value is -1.14. The monoisotopic (exact) mass is 338 g/mol. The van der Waals surface area contributed by atoms with Crippen molar-refractivity contribution in [1.82, 2.24) is 20.4 Å². The second kappa shape index (κ2) is 9.37. The van der Waals surface area contributed by atoms with Gasteiger partial charge in [0.05, 0.1) is 13.1 Å². The molecule has 1 aliphatic carbocycles. The fourth-order valence-electron chi connectivity index (χ4n) is 3.56. The summed E-state index contributed by atoms with van der Waals surface area (Å²) in [6.45, 7) is 10.6. The number of amides is 2. The minimum Gasteiger partial charge on any atom is -0.353 e. The summed E-state index contributed by atoms with van der Waals surface area (Å²) in [5.41, 5.74) is 0. The van der Waals surface area contributed by atoms with Crippen LogP contribution in [0.4, 0.5) is 0 Å². The Kier molecular flexibility index (Phi) is 7.49. The zero-order chi connectivity index (χ0) is 17.5. The van der Waals surface area contributed by atoms with Crippen LogP contribution in [0.1, 0.15) is 46.5 Å². The van der Waals surface area contributed by atoms with Crippen LogP contribution >= 0.6 is 0 Å². The van der Waals surface area contributed by atoms with Crippen LogP contribution in [-0.2, 0) is 9.59 Å². The molecule has 1 aliphatic heterocycles. The van der Waals surface area contributed by atoms with Gasteiger partial charge < -0.3 is 10.6 Å². The standard InChI is InChI=1S/C18H34N4O2/c1-14(2)19-17(23)12-21-8-10-22(11-9-21)13-18(24)20-16-6-4-15(3)5-7-16/h14-16H,4-13H2,1-3H3,(H,19,23)(H,20,24). The highest BCUT2D eigenvalue weighted by Crippen LogP contribution is 2.23. The van der Waals surface area contributed by atoms with E-state index in [1.165, 1.54) is 12.8 Å². The molecule has 2 rings (SSSR count). The van der Waals surface area contributed by atoms with Gasteiger partial charge in [-0.05, 0) is 45.4 Å². The summed E-state index contributed by atoms with van der Waals surface area (Å²) in [5, 5.41) is 6.12. The highest BCUT2D eigenvalue weighted by atomic mass is 16.2. The summed E-state index contributed by atoms with van der Waals surface area (Å²) < 4.78 is 0. The van der Waals surface area contributed by atoms with Crippen molar-refractivity contribution in [3.63, 3.8) is 0 Å². The molecule has 2 N–H and O–H groups in total. The third kappa shape index (κ3) is 6.77. The first-order chi connectivity index (χ1) is 11.4. The Labute approximate surface area is 146 Å². The largest absolute Gasteiger partial charge is 0.353 e. The molecular weight excluding hydrogens is 304 g/mol. The number of carbonyl (C=O) groups excluding carboxylic acids is 2. The lowest BCUT2D eigenvalue weighted by molar-refractivity contribution is -0.125. The van der Waals surface area contributed by atoms with Crippen LogP contribution in [0.25, 0.3) is 0 Å². The Balaban J connectivity index is 1.62. The average Bonchev–Trinajstić information content (AvgIpc) is 2.51. The fraction of sp³-hybridized carbons (Fsp3) is 0.889. The number of hydrogen-bond acceptors (Lipinski definition) is 4. The molecule has 0 radical (unpaired) electrons. The molecule has 1 saturated carbocycles. The smallest absolute Gasteiger partial charge is 0.234 e. The van der Waals surface area contributed by atoms with E-state index < -0.39 is 0 Å². The number of carbonyl (C=O) groups is 2. The molecule has 138 valence electrons. The van der Waals surface area contributed by atoms with Crippen molar-refractivity contribution >= 4 is 11.8 Å². The second-order valence-corrected chi connectivity index (χ2v) is 7.80. The van der Waals surface area contributed by atoms with E-state index in [9.17, 15) is 9.59 Å². The fourth-order valence-corrected chi connectivity index (χ4v) is 3.56. The molecule has 0 unspecified atom stereocenters. The average molecular weight is 338 g/mol. The highest BCUT2D eigenvalue weighted by molar-refractivity contribution is 5.79. The summed E-state index contributed by atoms with van der Waals surface area (Å²) in [6.07, 6.45) is 4.68. The first-order valence-electron chi connectivity index (χ1n) is 9.46. The van der Waals surface area contributed by atoms with Gasteiger partial charge in [0, 0.05) is 38.3 Å². The van der Waals surface area contributed by atoms with Crippen LogP contribution < -0.4 is 10.6 Å². The van der Waals surface area contributed by atoms with Gasteiger partial charge in [0.15, 0.2) is 0 Å². The van der Waals surface area contributed by atoms with Crippen LogP contribution in [0, 0.1) is 5.92 Å². The van der Waals surface area contributed by atoms with Gasteiger partial charge in [-0.15, -0.1) is 0 Å². The van der Waals surface area contributed by atoms with Crippen LogP contribution in [0.3, 0.4) is 0 Å². The summed E-state index contributed by atoms with van der Waals surface area (Å²) in [4.78, 5) is 28.4. The van der Waals surface area contributed by atoms with Crippen molar-refractivity contribution in [2.24, 2.45) is 5.92 Å². The van der Waals surface area contributed by atoms with Gasteiger partial charge in [0.2, 0.25) is 11.8 Å². The molecule has 0 atom stereocenters. The number of rotatable bonds is 6. The normalized spacial score (nSPS) is 26.3. The van der Waals surface area contributed by atoms with Crippen molar-refractivity contribution in [1.29, 1.82) is 0 Å². The lowest BCUT2D eigenvalue weighted by Crippen LogP contribution is -2.52. The predicted molar refractivity (Wildman–Crippen MR) is 95.7 cm³/mol. The van der Waals surface area contributed by atoms with Gasteiger partial charge >= 0.3 is 0 Å². The molecule has 24 heavy (non-hydrogen) atoms. The molecule has 0 aromatic rings.